The summed E-state index contributed by atoms with van der Waals surface area (Å²) in [5, 5.41) is 2.52. The minimum Gasteiger partial charge on any atom is -0.368 e. The van der Waals surface area contributed by atoms with Crippen LogP contribution in [0, 0.1) is 0 Å². The van der Waals surface area contributed by atoms with Crippen LogP contribution in [0.2, 0.25) is 0 Å². The zero-order valence-electron chi connectivity index (χ0n) is 15.5. The van der Waals surface area contributed by atoms with Crippen molar-refractivity contribution in [2.45, 2.75) is 25.0 Å². The lowest BCUT2D eigenvalue weighted by Gasteiger charge is -2.33. The summed E-state index contributed by atoms with van der Waals surface area (Å²) in [6.45, 7) is 0.493. The summed E-state index contributed by atoms with van der Waals surface area (Å²) in [5.41, 5.74) is 5.47. The smallest absolute Gasteiger partial charge is 0.130 e. The summed E-state index contributed by atoms with van der Waals surface area (Å²) in [7, 11) is 0. The molecular formula is C26H20O2. The van der Waals surface area contributed by atoms with E-state index < -0.39 is 0 Å². The Morgan fingerprint density at radius 3 is 2.61 bits per heavy atom. The van der Waals surface area contributed by atoms with Gasteiger partial charge in [0.15, 0.2) is 0 Å². The van der Waals surface area contributed by atoms with Crippen LogP contribution in [0.25, 0.3) is 16.8 Å². The van der Waals surface area contributed by atoms with Crippen LogP contribution in [0.15, 0.2) is 90.0 Å². The summed E-state index contributed by atoms with van der Waals surface area (Å²) in [6, 6.07) is 23.0. The molecule has 0 spiro atoms. The fourth-order valence-corrected chi connectivity index (χ4v) is 4.33. The van der Waals surface area contributed by atoms with Gasteiger partial charge in [-0.25, -0.2) is 4.79 Å². The monoisotopic (exact) mass is 364 g/mol. The van der Waals surface area contributed by atoms with Gasteiger partial charge in [0.2, 0.25) is 0 Å². The molecule has 2 aliphatic carbocycles. The zero-order valence-corrected chi connectivity index (χ0v) is 15.5. The Bertz CT molecular complexity index is 1150. The van der Waals surface area contributed by atoms with E-state index in [4.69, 9.17) is 4.74 Å². The van der Waals surface area contributed by atoms with Gasteiger partial charge in [0.05, 0.1) is 18.3 Å². The molecule has 0 N–H and O–H groups in total. The molecular weight excluding hydrogens is 344 g/mol. The van der Waals surface area contributed by atoms with Gasteiger partial charge in [0, 0.05) is 5.92 Å². The van der Waals surface area contributed by atoms with Crippen molar-refractivity contribution in [1.82, 2.24) is 0 Å². The fourth-order valence-electron chi connectivity index (χ4n) is 4.33. The summed E-state index contributed by atoms with van der Waals surface area (Å²) < 4.78 is 6.16. The predicted octanol–water partition coefficient (Wildman–Crippen LogP) is 5.62. The molecule has 3 aromatic carbocycles. The second kappa shape index (κ2) is 7.09. The Labute approximate surface area is 164 Å². The number of ether oxygens (including phenoxy) is 1. The Balaban J connectivity index is 1.50. The molecule has 2 unspecified atom stereocenters. The first-order valence-electron chi connectivity index (χ1n) is 9.65. The molecule has 0 amide bonds. The van der Waals surface area contributed by atoms with Gasteiger partial charge in [0.1, 0.15) is 5.94 Å². The van der Waals surface area contributed by atoms with Crippen LogP contribution in [0.1, 0.15) is 29.0 Å². The van der Waals surface area contributed by atoms with E-state index in [0.29, 0.717) is 12.2 Å². The van der Waals surface area contributed by atoms with E-state index in [9.17, 15) is 4.79 Å². The lowest BCUT2D eigenvalue weighted by Crippen LogP contribution is -2.25. The summed E-state index contributed by atoms with van der Waals surface area (Å²) in [4.78, 5) is 11.6. The molecule has 0 bridgehead atoms. The second-order valence-electron chi connectivity index (χ2n) is 7.40. The SMILES string of the molecule is O=C=C1C=C2C=Cc3c(ccc4ccccc34)C2CC1OCc1ccccc1. The number of benzene rings is 3. The highest BCUT2D eigenvalue weighted by molar-refractivity contribution is 5.93. The second-order valence-corrected chi connectivity index (χ2v) is 7.40. The molecule has 0 aliphatic heterocycles. The van der Waals surface area contributed by atoms with E-state index in [1.54, 1.807) is 0 Å². The normalized spacial score (nSPS) is 20.3. The third-order valence-corrected chi connectivity index (χ3v) is 5.76. The van der Waals surface area contributed by atoms with Crippen molar-refractivity contribution >= 4 is 22.8 Å². The molecule has 2 nitrogen and oxygen atoms in total. The topological polar surface area (TPSA) is 26.3 Å². The van der Waals surface area contributed by atoms with E-state index in [1.165, 1.54) is 27.5 Å². The maximum Gasteiger partial charge on any atom is 0.130 e. The van der Waals surface area contributed by atoms with E-state index in [-0.39, 0.29) is 12.0 Å². The fraction of sp³-hybridized carbons (Fsp3) is 0.154. The molecule has 2 atom stereocenters. The molecule has 5 rings (SSSR count). The van der Waals surface area contributed by atoms with Gasteiger partial charge in [-0.3, -0.25) is 0 Å². The number of hydrogen-bond acceptors (Lipinski definition) is 2. The molecule has 28 heavy (non-hydrogen) atoms. The van der Waals surface area contributed by atoms with Crippen LogP contribution < -0.4 is 0 Å². The van der Waals surface area contributed by atoms with Crippen molar-refractivity contribution in [2.75, 3.05) is 0 Å². The molecule has 136 valence electrons. The van der Waals surface area contributed by atoms with Crippen LogP contribution in [-0.4, -0.2) is 12.0 Å². The maximum absolute atomic E-state index is 11.6. The lowest BCUT2D eigenvalue weighted by molar-refractivity contribution is 0.0568. The largest absolute Gasteiger partial charge is 0.368 e. The van der Waals surface area contributed by atoms with Crippen molar-refractivity contribution in [1.29, 1.82) is 0 Å². The average molecular weight is 364 g/mol. The Morgan fingerprint density at radius 1 is 0.929 bits per heavy atom. The Morgan fingerprint density at radius 2 is 1.75 bits per heavy atom. The van der Waals surface area contributed by atoms with Gasteiger partial charge in [-0.1, -0.05) is 78.9 Å². The van der Waals surface area contributed by atoms with E-state index in [0.717, 1.165) is 12.0 Å². The highest BCUT2D eigenvalue weighted by Crippen LogP contribution is 2.44. The van der Waals surface area contributed by atoms with Gasteiger partial charge < -0.3 is 4.74 Å². The minimum atomic E-state index is -0.239. The Hall–Kier alpha value is -3.19. The summed E-state index contributed by atoms with van der Waals surface area (Å²) in [5.74, 6) is 2.35. The quantitative estimate of drug-likeness (QED) is 0.564. The standard InChI is InChI=1S/C26H20O2/c27-16-21-14-20-11-13-23-22-9-5-4-8-19(22)10-12-24(23)25(20)15-26(21)28-17-18-6-2-1-3-7-18/h1-14,25-26H,15,17H2. The van der Waals surface area contributed by atoms with Crippen molar-refractivity contribution in [3.63, 3.8) is 0 Å². The van der Waals surface area contributed by atoms with Gasteiger partial charge in [-0.15, -0.1) is 0 Å². The number of carbonyl (C=O) groups excluding carboxylic acids is 1. The first-order valence-corrected chi connectivity index (χ1v) is 9.65. The van der Waals surface area contributed by atoms with Gasteiger partial charge in [-0.2, -0.15) is 0 Å². The first-order chi connectivity index (χ1) is 13.8. The van der Waals surface area contributed by atoms with Gasteiger partial charge >= 0.3 is 0 Å². The minimum absolute atomic E-state index is 0.238. The predicted molar refractivity (Wildman–Crippen MR) is 113 cm³/mol. The van der Waals surface area contributed by atoms with Crippen LogP contribution in [0.3, 0.4) is 0 Å². The van der Waals surface area contributed by atoms with Gasteiger partial charge in [-0.05, 0) is 45.5 Å². The van der Waals surface area contributed by atoms with E-state index in [1.807, 2.05) is 36.4 Å². The molecule has 0 radical (unpaired) electrons. The summed E-state index contributed by atoms with van der Waals surface area (Å²) >= 11 is 0. The number of rotatable bonds is 3. The number of allylic oxidation sites excluding steroid dienone is 2. The summed E-state index contributed by atoms with van der Waals surface area (Å²) in [6.07, 6.45) is 6.81. The molecule has 0 saturated heterocycles. The molecule has 3 aromatic rings. The van der Waals surface area contributed by atoms with Crippen LogP contribution >= 0.6 is 0 Å². The van der Waals surface area contributed by atoms with E-state index in [2.05, 4.69) is 54.5 Å². The lowest BCUT2D eigenvalue weighted by atomic mass is 9.74. The zero-order chi connectivity index (χ0) is 18.9. The molecule has 0 heterocycles. The van der Waals surface area contributed by atoms with Crippen molar-refractivity contribution in [3.05, 3.63) is 107 Å². The van der Waals surface area contributed by atoms with Crippen LogP contribution in [0.4, 0.5) is 0 Å². The van der Waals surface area contributed by atoms with Crippen molar-refractivity contribution < 1.29 is 9.53 Å². The number of fused-ring (bicyclic) bond motifs is 5. The highest BCUT2D eigenvalue weighted by Gasteiger charge is 2.32. The molecule has 0 fully saturated rings. The van der Waals surface area contributed by atoms with Crippen molar-refractivity contribution in [2.24, 2.45) is 0 Å². The maximum atomic E-state index is 11.6. The molecule has 2 aliphatic rings. The molecule has 2 heteroatoms. The third kappa shape index (κ3) is 2.93. The van der Waals surface area contributed by atoms with Crippen LogP contribution in [-0.2, 0) is 16.1 Å². The van der Waals surface area contributed by atoms with Crippen LogP contribution in [0.5, 0.6) is 0 Å². The van der Waals surface area contributed by atoms with Gasteiger partial charge in [0.25, 0.3) is 0 Å². The molecule has 0 aromatic heterocycles. The highest BCUT2D eigenvalue weighted by atomic mass is 16.5. The number of hydrogen-bond donors (Lipinski definition) is 0. The molecule has 0 saturated carbocycles. The third-order valence-electron chi connectivity index (χ3n) is 5.76. The first kappa shape index (κ1) is 16.9. The average Bonchev–Trinajstić information content (AvgIpc) is 2.77. The van der Waals surface area contributed by atoms with Crippen molar-refractivity contribution in [3.8, 4) is 0 Å². The van der Waals surface area contributed by atoms with E-state index >= 15 is 0 Å². The Kier molecular flexibility index (Phi) is 4.29.